The van der Waals surface area contributed by atoms with E-state index in [-0.39, 0.29) is 40.0 Å². The van der Waals surface area contributed by atoms with Crippen molar-refractivity contribution in [1.29, 1.82) is 0 Å². The Kier molecular flexibility index (Phi) is 54.6. The number of hydrogen-bond donors (Lipinski definition) is 2. The molecule has 0 aromatic rings. The van der Waals surface area contributed by atoms with Crippen LogP contribution in [0, 0.1) is 18.8 Å². The minimum absolute atomic E-state index is 0. The van der Waals surface area contributed by atoms with Crippen LogP contribution in [0.25, 0.3) is 0 Å². The van der Waals surface area contributed by atoms with Crippen LogP contribution in [0.2, 0.25) is 0 Å². The molecule has 0 saturated carbocycles. The summed E-state index contributed by atoms with van der Waals surface area (Å²) >= 11 is 3.42. The maximum Gasteiger partial charge on any atom is 2.00 e. The summed E-state index contributed by atoms with van der Waals surface area (Å²) in [6, 6.07) is 0. The van der Waals surface area contributed by atoms with Crippen LogP contribution in [-0.4, -0.2) is 50.5 Å². The second kappa shape index (κ2) is 43.1. The van der Waals surface area contributed by atoms with Gasteiger partial charge in [0.15, 0.2) is 0 Å². The van der Waals surface area contributed by atoms with Crippen LogP contribution < -0.4 is 17.0 Å². The molecule has 0 aliphatic carbocycles. The van der Waals surface area contributed by atoms with Crippen molar-refractivity contribution >= 4 is 50.9 Å². The molecule has 0 aromatic heterocycles. The Morgan fingerprint density at radius 3 is 1.03 bits per heavy atom. The van der Waals surface area contributed by atoms with Crippen LogP contribution in [-0.2, 0) is 9.59 Å². The Bertz CT molecular complexity index is 461. The first kappa shape index (κ1) is 49.3. The molecule has 0 atom stereocenters. The Hall–Kier alpha value is 0.666. The Labute approximate surface area is 279 Å². The summed E-state index contributed by atoms with van der Waals surface area (Å²) in [6.45, 7) is 12.3. The van der Waals surface area contributed by atoms with E-state index < -0.39 is 11.9 Å². The zero-order valence-electron chi connectivity index (χ0n) is 26.3. The van der Waals surface area contributed by atoms with Gasteiger partial charge in [0.25, 0.3) is 0 Å². The fourth-order valence-corrected chi connectivity index (χ4v) is 4.25. The van der Waals surface area contributed by atoms with Crippen LogP contribution >= 0.6 is 15.9 Å². The number of carbonyl (C=O) groups is 2. The molecule has 0 radical (unpaired) electrons. The third kappa shape index (κ3) is 67.9. The fraction of sp³-hybridized carbons (Fsp3) is 0.906. The van der Waals surface area contributed by atoms with Crippen molar-refractivity contribution in [2.24, 2.45) is 11.8 Å². The monoisotopic (exact) mass is 694 g/mol. The fourth-order valence-electron chi connectivity index (χ4n) is 3.85. The van der Waals surface area contributed by atoms with Gasteiger partial charge in [-0.25, -0.2) is 0 Å². The Morgan fingerprint density at radius 2 is 0.795 bits per heavy atom. The number of alkyl halides is 1. The summed E-state index contributed by atoms with van der Waals surface area (Å²) in [5, 5.41) is 18.1. The van der Waals surface area contributed by atoms with Crippen molar-refractivity contribution in [3.05, 3.63) is 6.92 Å². The van der Waals surface area contributed by atoms with Crippen LogP contribution in [0.4, 0.5) is 0 Å². The molecular formula is C32H64Br2MgO4. The minimum Gasteiger partial charge on any atom is -1.00 e. The summed E-state index contributed by atoms with van der Waals surface area (Å²) < 4.78 is 0. The molecule has 0 aliphatic heterocycles. The van der Waals surface area contributed by atoms with E-state index in [0.717, 1.165) is 36.9 Å². The third-order valence-corrected chi connectivity index (χ3v) is 6.51. The summed E-state index contributed by atoms with van der Waals surface area (Å²) in [5.41, 5.74) is 0. The zero-order valence-corrected chi connectivity index (χ0v) is 30.9. The number of rotatable bonds is 24. The second-order valence-electron chi connectivity index (χ2n) is 11.3. The maximum atomic E-state index is 10.3. The van der Waals surface area contributed by atoms with E-state index in [1.54, 1.807) is 0 Å². The standard InChI is InChI=1S/C16H32O2.C12H23BrO2.C4H9.BrH.Mg/c1-15(2)13-11-9-7-5-3-4-6-8-10-12-14-16(17)18;13-11-9-7-5-3-1-2-4-6-8-10-12(14)15;1-4(2)3;;/h15H,3-14H2,1-2H3,(H,17,18);1-11H2,(H,14,15);4H,1H2,2-3H3;1H;/q;;-1;;+2/p-1. The van der Waals surface area contributed by atoms with Crippen LogP contribution in [0.5, 0.6) is 0 Å². The van der Waals surface area contributed by atoms with E-state index in [9.17, 15) is 9.59 Å². The Balaban J connectivity index is -0.000000168. The quantitative estimate of drug-likeness (QED) is 0.0466. The first-order valence-electron chi connectivity index (χ1n) is 15.5. The van der Waals surface area contributed by atoms with E-state index in [0.29, 0.717) is 18.8 Å². The summed E-state index contributed by atoms with van der Waals surface area (Å²) in [5.74, 6) is 0.122. The number of hydrogen-bond acceptors (Lipinski definition) is 2. The minimum atomic E-state index is -0.662. The molecule has 0 rings (SSSR count). The number of halogens is 2. The van der Waals surface area contributed by atoms with E-state index in [4.69, 9.17) is 10.2 Å². The van der Waals surface area contributed by atoms with Crippen molar-refractivity contribution in [2.75, 3.05) is 5.33 Å². The zero-order chi connectivity index (χ0) is 28.6. The molecule has 0 bridgehead atoms. The largest absolute Gasteiger partial charge is 2.00 e. The van der Waals surface area contributed by atoms with Crippen LogP contribution in [0.1, 0.15) is 169 Å². The van der Waals surface area contributed by atoms with Crippen LogP contribution in [0.3, 0.4) is 0 Å². The van der Waals surface area contributed by atoms with Crippen molar-refractivity contribution in [3.8, 4) is 0 Å². The number of aliphatic carboxylic acids is 2. The molecule has 39 heavy (non-hydrogen) atoms. The molecule has 4 nitrogen and oxygen atoms in total. The van der Waals surface area contributed by atoms with Gasteiger partial charge in [0, 0.05) is 18.2 Å². The molecule has 0 aliphatic rings. The van der Waals surface area contributed by atoms with E-state index in [1.807, 2.05) is 0 Å². The normalized spacial score (nSPS) is 10.1. The average molecular weight is 697 g/mol. The summed E-state index contributed by atoms with van der Waals surface area (Å²) in [7, 11) is 0. The molecule has 2 N–H and O–H groups in total. The van der Waals surface area contributed by atoms with Crippen molar-refractivity contribution in [2.45, 2.75) is 169 Å². The predicted octanol–water partition coefficient (Wildman–Crippen LogP) is 7.87. The SMILES string of the molecule is CC(C)CCCCCCCCCCCCC(=O)O.O=C(O)CCCCCCCCCCCBr.[Br-].[CH2-]C(C)C.[Mg+2]. The molecule has 7 heteroatoms. The van der Waals surface area contributed by atoms with Gasteiger partial charge in [-0.05, 0) is 25.2 Å². The molecule has 0 heterocycles. The third-order valence-electron chi connectivity index (χ3n) is 5.95. The summed E-state index contributed by atoms with van der Waals surface area (Å²) in [4.78, 5) is 20.5. The maximum absolute atomic E-state index is 10.3. The van der Waals surface area contributed by atoms with Gasteiger partial charge >= 0.3 is 35.0 Å². The van der Waals surface area contributed by atoms with Gasteiger partial charge in [0.1, 0.15) is 0 Å². The van der Waals surface area contributed by atoms with Gasteiger partial charge in [0.05, 0.1) is 0 Å². The van der Waals surface area contributed by atoms with Crippen LogP contribution in [0.15, 0.2) is 0 Å². The average Bonchev–Trinajstić information content (AvgIpc) is 2.80. The molecule has 0 amide bonds. The second-order valence-corrected chi connectivity index (χ2v) is 12.1. The molecule has 0 unspecified atom stereocenters. The molecular weight excluding hydrogens is 632 g/mol. The first-order chi connectivity index (χ1) is 17.6. The number of unbranched alkanes of at least 4 members (excludes halogenated alkanes) is 17. The predicted molar refractivity (Wildman–Crippen MR) is 171 cm³/mol. The van der Waals surface area contributed by atoms with Gasteiger partial charge < -0.3 is 34.1 Å². The van der Waals surface area contributed by atoms with Crippen molar-refractivity contribution in [3.63, 3.8) is 0 Å². The Morgan fingerprint density at radius 1 is 0.564 bits per heavy atom. The molecule has 0 fully saturated rings. The molecule has 0 spiro atoms. The van der Waals surface area contributed by atoms with Gasteiger partial charge in [-0.1, -0.05) is 153 Å². The topological polar surface area (TPSA) is 74.6 Å². The molecule has 232 valence electrons. The number of carboxylic acid groups (broad SMARTS) is 2. The van der Waals surface area contributed by atoms with E-state index in [2.05, 4.69) is 50.5 Å². The van der Waals surface area contributed by atoms with Gasteiger partial charge in [-0.15, -0.1) is 0 Å². The molecule has 0 saturated heterocycles. The first-order valence-corrected chi connectivity index (χ1v) is 16.6. The van der Waals surface area contributed by atoms with E-state index >= 15 is 0 Å². The van der Waals surface area contributed by atoms with Crippen molar-refractivity contribution in [1.82, 2.24) is 0 Å². The van der Waals surface area contributed by atoms with Gasteiger partial charge in [-0.2, -0.15) is 5.92 Å². The number of carboxylic acids is 2. The summed E-state index contributed by atoms with van der Waals surface area (Å²) in [6.07, 6.45) is 25.8. The van der Waals surface area contributed by atoms with Crippen molar-refractivity contribution < 1.29 is 36.8 Å². The smallest absolute Gasteiger partial charge is 1.00 e. The van der Waals surface area contributed by atoms with Gasteiger partial charge in [-0.3, -0.25) is 9.59 Å². The van der Waals surface area contributed by atoms with Gasteiger partial charge in [0.2, 0.25) is 0 Å². The van der Waals surface area contributed by atoms with E-state index in [1.165, 1.54) is 103 Å². The molecule has 0 aromatic carbocycles.